The van der Waals surface area contributed by atoms with E-state index >= 15 is 0 Å². The molecule has 3 fully saturated rings. The van der Waals surface area contributed by atoms with Gasteiger partial charge in [0.1, 0.15) is 18.1 Å². The van der Waals surface area contributed by atoms with Crippen LogP contribution >= 0.6 is 0 Å². The average Bonchev–Trinajstić information content (AvgIpc) is 3.65. The van der Waals surface area contributed by atoms with Crippen LogP contribution in [0.5, 0.6) is 0 Å². The van der Waals surface area contributed by atoms with Gasteiger partial charge < -0.3 is 31.5 Å². The molecule has 3 rings (SSSR count). The lowest BCUT2D eigenvalue weighted by Gasteiger charge is -2.40. The van der Waals surface area contributed by atoms with Crippen LogP contribution in [0.1, 0.15) is 107 Å². The fourth-order valence-electron chi connectivity index (χ4n) is 6.94. The molecule has 12 nitrogen and oxygen atoms in total. The van der Waals surface area contributed by atoms with Crippen LogP contribution in [-0.2, 0) is 24.0 Å². The highest BCUT2D eigenvalue weighted by molar-refractivity contribution is 6.37. The third-order valence-electron chi connectivity index (χ3n) is 10.6. The summed E-state index contributed by atoms with van der Waals surface area (Å²) in [5.41, 5.74) is 4.30. The molecule has 2 saturated heterocycles. The fraction of sp³-hybridized carbons (Fsp3) is 0.824. The Morgan fingerprint density at radius 2 is 1.43 bits per heavy atom. The molecule has 0 aromatic heterocycles. The fourth-order valence-corrected chi connectivity index (χ4v) is 6.94. The molecule has 0 radical (unpaired) electrons. The van der Waals surface area contributed by atoms with Gasteiger partial charge in [0, 0.05) is 19.6 Å². The van der Waals surface area contributed by atoms with Gasteiger partial charge in [0.05, 0.1) is 6.04 Å². The van der Waals surface area contributed by atoms with Crippen molar-refractivity contribution in [1.29, 1.82) is 0 Å². The molecule has 6 amide bonds. The molecule has 2 heterocycles. The Labute approximate surface area is 274 Å². The first-order valence-corrected chi connectivity index (χ1v) is 17.2. The molecule has 260 valence electrons. The summed E-state index contributed by atoms with van der Waals surface area (Å²) in [5.74, 6) is -3.15. The van der Waals surface area contributed by atoms with Crippen LogP contribution in [0.2, 0.25) is 0 Å². The largest absolute Gasteiger partial charge is 0.363 e. The van der Waals surface area contributed by atoms with Crippen LogP contribution in [0.3, 0.4) is 0 Å². The van der Waals surface area contributed by atoms with Crippen molar-refractivity contribution in [2.24, 2.45) is 34.3 Å². The molecule has 1 aliphatic carbocycles. The van der Waals surface area contributed by atoms with Crippen LogP contribution in [0.4, 0.5) is 4.79 Å². The summed E-state index contributed by atoms with van der Waals surface area (Å²) in [4.78, 5) is 83.2. The third kappa shape index (κ3) is 8.79. The summed E-state index contributed by atoms with van der Waals surface area (Å²) >= 11 is 0. The molecule has 5 N–H and O–H groups in total. The predicted octanol–water partition coefficient (Wildman–Crippen LogP) is 2.73. The van der Waals surface area contributed by atoms with Gasteiger partial charge in [0.25, 0.3) is 5.91 Å². The van der Waals surface area contributed by atoms with Gasteiger partial charge in [-0.15, -0.1) is 0 Å². The number of nitrogens with one attached hydrogen (secondary N) is 3. The maximum Gasteiger partial charge on any atom is 0.316 e. The third-order valence-corrected chi connectivity index (χ3v) is 10.6. The number of ketones is 1. The van der Waals surface area contributed by atoms with E-state index < -0.39 is 59.1 Å². The van der Waals surface area contributed by atoms with E-state index in [1.807, 2.05) is 41.5 Å². The van der Waals surface area contributed by atoms with Crippen molar-refractivity contribution < 1.29 is 28.8 Å². The van der Waals surface area contributed by atoms with E-state index in [2.05, 4.69) is 29.8 Å². The maximum absolute atomic E-state index is 14.4. The predicted molar refractivity (Wildman–Crippen MR) is 175 cm³/mol. The van der Waals surface area contributed by atoms with Gasteiger partial charge in [-0.2, -0.15) is 0 Å². The van der Waals surface area contributed by atoms with E-state index in [9.17, 15) is 28.8 Å². The summed E-state index contributed by atoms with van der Waals surface area (Å²) in [7, 11) is 0. The minimum Gasteiger partial charge on any atom is -0.363 e. The Morgan fingerprint density at radius 3 is 1.91 bits per heavy atom. The Bertz CT molecular complexity index is 1150. The Kier molecular flexibility index (Phi) is 12.3. The van der Waals surface area contributed by atoms with Gasteiger partial charge in [0.15, 0.2) is 0 Å². The van der Waals surface area contributed by atoms with Crippen molar-refractivity contribution in [1.82, 2.24) is 25.8 Å². The Morgan fingerprint density at radius 1 is 0.826 bits per heavy atom. The number of nitrogens with zero attached hydrogens (tertiary/aromatic N) is 2. The average molecular weight is 647 g/mol. The molecule has 3 aliphatic rings. The second-order valence-electron chi connectivity index (χ2n) is 15.7. The number of hydrogen-bond donors (Lipinski definition) is 4. The molecule has 46 heavy (non-hydrogen) atoms. The molecule has 0 bridgehead atoms. The number of urea groups is 1. The molecular formula is C34H58N6O6. The number of primary amides is 1. The molecule has 1 saturated carbocycles. The highest BCUT2D eigenvalue weighted by Crippen LogP contribution is 2.42. The van der Waals surface area contributed by atoms with Crippen LogP contribution in [0, 0.1) is 28.6 Å². The number of likely N-dealkylation sites (tertiary alicyclic amines) is 2. The van der Waals surface area contributed by atoms with Gasteiger partial charge in [-0.25, -0.2) is 4.79 Å². The maximum atomic E-state index is 14.4. The summed E-state index contributed by atoms with van der Waals surface area (Å²) in [6, 6.07) is -4.36. The van der Waals surface area contributed by atoms with Crippen molar-refractivity contribution >= 4 is 35.4 Å². The molecular weight excluding hydrogens is 588 g/mol. The molecule has 0 spiro atoms. The first-order valence-electron chi connectivity index (χ1n) is 17.2. The van der Waals surface area contributed by atoms with E-state index in [1.54, 1.807) is 4.90 Å². The molecule has 0 aromatic carbocycles. The summed E-state index contributed by atoms with van der Waals surface area (Å²) in [6.07, 6.45) is 6.37. The van der Waals surface area contributed by atoms with Crippen molar-refractivity contribution in [3.05, 3.63) is 0 Å². The number of hydrogen-bond acceptors (Lipinski definition) is 6. The normalized spacial score (nSPS) is 22.5. The van der Waals surface area contributed by atoms with Crippen LogP contribution in [0.15, 0.2) is 0 Å². The van der Waals surface area contributed by atoms with E-state index in [0.29, 0.717) is 32.5 Å². The van der Waals surface area contributed by atoms with Gasteiger partial charge in [-0.3, -0.25) is 24.0 Å². The molecule has 1 unspecified atom stereocenters. The lowest BCUT2D eigenvalue weighted by atomic mass is 9.72. The number of amides is 6. The summed E-state index contributed by atoms with van der Waals surface area (Å²) < 4.78 is 0. The van der Waals surface area contributed by atoms with Gasteiger partial charge in [0.2, 0.25) is 23.5 Å². The zero-order valence-corrected chi connectivity index (χ0v) is 29.2. The van der Waals surface area contributed by atoms with Crippen LogP contribution in [0.25, 0.3) is 0 Å². The second-order valence-corrected chi connectivity index (χ2v) is 15.7. The first kappa shape index (κ1) is 37.3. The number of carbonyl (C=O) groups is 6. The molecule has 12 heteroatoms. The first-order chi connectivity index (χ1) is 21.4. The summed E-state index contributed by atoms with van der Waals surface area (Å²) in [6.45, 7) is 17.0. The van der Waals surface area contributed by atoms with Gasteiger partial charge in [-0.1, -0.05) is 81.1 Å². The quantitative estimate of drug-likeness (QED) is 0.224. The number of Topliss-reactive ketones (excluding diaryl/α,β-unsaturated/α-hetero) is 1. The topological polar surface area (TPSA) is 171 Å². The van der Waals surface area contributed by atoms with E-state index in [1.165, 1.54) is 4.90 Å². The van der Waals surface area contributed by atoms with Crippen molar-refractivity contribution in [2.45, 2.75) is 131 Å². The van der Waals surface area contributed by atoms with Crippen molar-refractivity contribution in [3.63, 3.8) is 0 Å². The summed E-state index contributed by atoms with van der Waals surface area (Å²) in [5, 5.41) is 8.49. The second kappa shape index (κ2) is 15.2. The lowest BCUT2D eigenvalue weighted by Crippen LogP contribution is -2.62. The van der Waals surface area contributed by atoms with Gasteiger partial charge >= 0.3 is 6.03 Å². The standard InChI is InChI=1S/C34H58N6O6/c1-9-34(7,8)22-15-18-40(25(22)29(43)36-23(26(41)28(35)42)19-21-13-12-14-21)31(45)27(33(4,5)6)38-32(46)37-24(20(2)3)30(44)39-16-10-11-17-39/h20-25,27H,9-19H2,1-8H3,(H2,35,42)(H,36,43)(H2,37,38,46)/t22-,23?,24-,25-,27+/m0/s1. The number of nitrogens with two attached hydrogens (primary N) is 1. The number of carbonyl (C=O) groups excluding carboxylic acids is 6. The smallest absolute Gasteiger partial charge is 0.316 e. The monoisotopic (exact) mass is 646 g/mol. The molecule has 2 aliphatic heterocycles. The minimum atomic E-state index is -1.10. The van der Waals surface area contributed by atoms with Crippen LogP contribution in [-0.4, -0.2) is 89.0 Å². The van der Waals surface area contributed by atoms with Crippen molar-refractivity contribution in [3.8, 4) is 0 Å². The van der Waals surface area contributed by atoms with E-state index in [0.717, 1.165) is 38.5 Å². The van der Waals surface area contributed by atoms with Gasteiger partial charge in [-0.05, 0) is 54.3 Å². The lowest BCUT2D eigenvalue weighted by molar-refractivity contribution is -0.145. The highest BCUT2D eigenvalue weighted by Gasteiger charge is 2.51. The zero-order valence-electron chi connectivity index (χ0n) is 29.2. The molecule has 5 atom stereocenters. The van der Waals surface area contributed by atoms with Crippen LogP contribution < -0.4 is 21.7 Å². The minimum absolute atomic E-state index is 0.135. The SMILES string of the molecule is CCC(C)(C)[C@H]1CCN(C(=O)[C@@H](NC(=O)N[C@H](C(=O)N2CCCC2)C(C)C)C(C)(C)C)[C@@H]1C(=O)NC(CC1CCC1)C(=O)C(N)=O. The zero-order chi connectivity index (χ0) is 34.6. The van der Waals surface area contributed by atoms with E-state index in [-0.39, 0.29) is 29.1 Å². The van der Waals surface area contributed by atoms with Crippen molar-refractivity contribution in [2.75, 3.05) is 19.6 Å². The Balaban J connectivity index is 1.87. The van der Waals surface area contributed by atoms with E-state index in [4.69, 9.17) is 5.73 Å². The Hall–Kier alpha value is -3.18. The highest BCUT2D eigenvalue weighted by atomic mass is 16.2. The molecule has 0 aromatic rings. The number of rotatable bonds is 13.